The number of hydrogen-bond acceptors (Lipinski definition) is 7. The summed E-state index contributed by atoms with van der Waals surface area (Å²) >= 11 is 1.25. The maximum Gasteiger partial charge on any atom is 0.410 e. The van der Waals surface area contributed by atoms with Crippen LogP contribution in [0.15, 0.2) is 29.2 Å². The third-order valence-electron chi connectivity index (χ3n) is 7.03. The number of amides is 3. The van der Waals surface area contributed by atoms with Gasteiger partial charge in [0.05, 0.1) is 23.6 Å². The smallest absolute Gasteiger partial charge is 0.410 e. The number of carbonyl (C=O) groups excluding carboxylic acids is 3. The molecule has 2 N–H and O–H groups in total. The van der Waals surface area contributed by atoms with Gasteiger partial charge in [-0.1, -0.05) is 13.3 Å². The molecule has 0 bridgehead atoms. The molecule has 1 saturated heterocycles. The predicted octanol–water partition coefficient (Wildman–Crippen LogP) is 3.83. The molecular formula is C26H34N4O6S2. The highest BCUT2D eigenvalue weighted by Crippen LogP contribution is 2.37. The average Bonchev–Trinajstić information content (AvgIpc) is 3.29. The van der Waals surface area contributed by atoms with Crippen molar-refractivity contribution in [1.82, 2.24) is 14.5 Å². The summed E-state index contributed by atoms with van der Waals surface area (Å²) in [5.41, 5.74) is 1.47. The van der Waals surface area contributed by atoms with Crippen LogP contribution in [0, 0.1) is 0 Å². The Labute approximate surface area is 227 Å². The molecule has 0 spiro atoms. The fraction of sp³-hybridized carbons (Fsp3) is 0.500. The van der Waals surface area contributed by atoms with Gasteiger partial charge in [0.1, 0.15) is 5.00 Å². The number of nitrogens with zero attached hydrogens (tertiary/aromatic N) is 2. The molecule has 1 fully saturated rings. The van der Waals surface area contributed by atoms with Crippen molar-refractivity contribution in [2.75, 3.05) is 32.1 Å². The minimum absolute atomic E-state index is 0.00975. The van der Waals surface area contributed by atoms with E-state index in [1.807, 2.05) is 6.92 Å². The molecular weight excluding hydrogens is 528 g/mol. The van der Waals surface area contributed by atoms with Gasteiger partial charge >= 0.3 is 6.09 Å². The lowest BCUT2D eigenvalue weighted by molar-refractivity contribution is 0.0961. The second-order valence-electron chi connectivity index (χ2n) is 9.31. The minimum atomic E-state index is -3.66. The van der Waals surface area contributed by atoms with Crippen LogP contribution in [0.3, 0.4) is 0 Å². The Balaban J connectivity index is 1.54. The van der Waals surface area contributed by atoms with Crippen LogP contribution in [0.4, 0.5) is 9.80 Å². The number of benzene rings is 1. The van der Waals surface area contributed by atoms with Crippen molar-refractivity contribution in [3.05, 3.63) is 45.8 Å². The van der Waals surface area contributed by atoms with Crippen molar-refractivity contribution in [1.29, 1.82) is 0 Å². The van der Waals surface area contributed by atoms with Crippen LogP contribution in [0.5, 0.6) is 0 Å². The summed E-state index contributed by atoms with van der Waals surface area (Å²) in [4.78, 5) is 40.6. The minimum Gasteiger partial charge on any atom is -0.450 e. The summed E-state index contributed by atoms with van der Waals surface area (Å²) in [5, 5.41) is 5.85. The zero-order valence-corrected chi connectivity index (χ0v) is 23.5. The first-order chi connectivity index (χ1) is 18.2. The number of thiophene rings is 1. The molecule has 1 atom stereocenters. The van der Waals surface area contributed by atoms with E-state index in [4.69, 9.17) is 4.74 Å². The van der Waals surface area contributed by atoms with Gasteiger partial charge in [-0.05, 0) is 62.4 Å². The first-order valence-corrected chi connectivity index (χ1v) is 15.2. The Hall–Kier alpha value is -2.96. The van der Waals surface area contributed by atoms with Crippen LogP contribution >= 0.6 is 11.3 Å². The summed E-state index contributed by atoms with van der Waals surface area (Å²) < 4.78 is 33.2. The lowest BCUT2D eigenvalue weighted by Crippen LogP contribution is -2.43. The standard InChI is InChI=1S/C26H34N4O6S2/c1-4-18-8-6-7-14-30(18)38(34,35)19-11-9-17(10-12-19)23(31)28-25-22(24(32)27-3)20-13-15-29(16-21(20)37-25)26(33)36-5-2/h9-12,18H,4-8,13-16H2,1-3H3,(H,27,32)(H,28,31)/t18-/m0/s1. The van der Waals surface area contributed by atoms with Gasteiger partial charge < -0.3 is 20.3 Å². The van der Waals surface area contributed by atoms with Gasteiger partial charge in [-0.3, -0.25) is 9.59 Å². The Morgan fingerprint density at radius 1 is 1.08 bits per heavy atom. The zero-order valence-electron chi connectivity index (χ0n) is 21.9. The maximum atomic E-state index is 13.3. The van der Waals surface area contributed by atoms with E-state index in [2.05, 4.69) is 10.6 Å². The number of anilines is 1. The second-order valence-corrected chi connectivity index (χ2v) is 12.3. The Kier molecular flexibility index (Phi) is 8.74. The topological polar surface area (TPSA) is 125 Å². The summed E-state index contributed by atoms with van der Waals surface area (Å²) in [7, 11) is -2.13. The molecule has 3 amide bonds. The number of hydrogen-bond donors (Lipinski definition) is 2. The van der Waals surface area contributed by atoms with E-state index in [9.17, 15) is 22.8 Å². The van der Waals surface area contributed by atoms with Crippen molar-refractivity contribution < 1.29 is 27.5 Å². The van der Waals surface area contributed by atoms with Crippen LogP contribution in [0.1, 0.15) is 70.7 Å². The zero-order chi connectivity index (χ0) is 27.4. The third kappa shape index (κ3) is 5.57. The predicted molar refractivity (Wildman–Crippen MR) is 145 cm³/mol. The van der Waals surface area contributed by atoms with E-state index in [0.29, 0.717) is 36.6 Å². The maximum absolute atomic E-state index is 13.3. The van der Waals surface area contributed by atoms with Crippen LogP contribution in [0.2, 0.25) is 0 Å². The monoisotopic (exact) mass is 562 g/mol. The van der Waals surface area contributed by atoms with E-state index < -0.39 is 22.0 Å². The highest BCUT2D eigenvalue weighted by molar-refractivity contribution is 7.89. The molecule has 0 saturated carbocycles. The number of rotatable bonds is 7. The van der Waals surface area contributed by atoms with Gasteiger partial charge in [-0.15, -0.1) is 11.3 Å². The molecule has 2 aliphatic rings. The lowest BCUT2D eigenvalue weighted by atomic mass is 10.0. The first-order valence-electron chi connectivity index (χ1n) is 12.9. The molecule has 206 valence electrons. The van der Waals surface area contributed by atoms with Crippen LogP contribution in [-0.2, 0) is 27.7 Å². The molecule has 12 heteroatoms. The van der Waals surface area contributed by atoms with Crippen LogP contribution in [-0.4, -0.2) is 68.3 Å². The van der Waals surface area contributed by atoms with Crippen molar-refractivity contribution in [2.24, 2.45) is 0 Å². The quantitative estimate of drug-likeness (QED) is 0.529. The fourth-order valence-electron chi connectivity index (χ4n) is 5.01. The molecule has 3 heterocycles. The van der Waals surface area contributed by atoms with Crippen molar-refractivity contribution in [3.63, 3.8) is 0 Å². The van der Waals surface area contributed by atoms with Crippen LogP contribution < -0.4 is 10.6 Å². The number of nitrogens with one attached hydrogen (secondary N) is 2. The first kappa shape index (κ1) is 28.1. The molecule has 10 nitrogen and oxygen atoms in total. The van der Waals surface area contributed by atoms with E-state index in [1.165, 1.54) is 42.6 Å². The van der Waals surface area contributed by atoms with Crippen molar-refractivity contribution in [3.8, 4) is 0 Å². The molecule has 2 aromatic rings. The van der Waals surface area contributed by atoms with Gasteiger partial charge in [-0.25, -0.2) is 13.2 Å². The van der Waals surface area contributed by atoms with E-state index in [-0.39, 0.29) is 29.0 Å². The molecule has 0 aliphatic carbocycles. The van der Waals surface area contributed by atoms with Gasteiger partial charge in [0.15, 0.2) is 0 Å². The number of piperidine rings is 1. The van der Waals surface area contributed by atoms with Gasteiger partial charge in [0.25, 0.3) is 11.8 Å². The van der Waals surface area contributed by atoms with Gasteiger partial charge in [-0.2, -0.15) is 4.31 Å². The number of carbonyl (C=O) groups is 3. The summed E-state index contributed by atoms with van der Waals surface area (Å²) in [6.07, 6.45) is 3.53. The highest BCUT2D eigenvalue weighted by atomic mass is 32.2. The summed E-state index contributed by atoms with van der Waals surface area (Å²) in [6, 6.07) is 5.89. The summed E-state index contributed by atoms with van der Waals surface area (Å²) in [5.74, 6) is -0.778. The summed E-state index contributed by atoms with van der Waals surface area (Å²) in [6.45, 7) is 5.21. The van der Waals surface area contributed by atoms with E-state index in [1.54, 1.807) is 16.1 Å². The van der Waals surface area contributed by atoms with Crippen LogP contribution in [0.25, 0.3) is 0 Å². The molecule has 38 heavy (non-hydrogen) atoms. The van der Waals surface area contributed by atoms with E-state index >= 15 is 0 Å². The number of fused-ring (bicyclic) bond motifs is 1. The second kappa shape index (κ2) is 11.8. The van der Waals surface area contributed by atoms with Gasteiger partial charge in [0, 0.05) is 36.6 Å². The fourth-order valence-corrected chi connectivity index (χ4v) is 8.04. The third-order valence-corrected chi connectivity index (χ3v) is 10.1. The number of sulfonamides is 1. The molecule has 0 radical (unpaired) electrons. The largest absolute Gasteiger partial charge is 0.450 e. The highest BCUT2D eigenvalue weighted by Gasteiger charge is 2.33. The average molecular weight is 563 g/mol. The molecule has 2 aliphatic heterocycles. The molecule has 0 unspecified atom stereocenters. The Morgan fingerprint density at radius 3 is 2.47 bits per heavy atom. The SMILES string of the molecule is CCOC(=O)N1CCc2c(sc(NC(=O)c3ccc(S(=O)(=O)N4CCCC[C@@H]4CC)cc3)c2C(=O)NC)C1. The van der Waals surface area contributed by atoms with Crippen molar-refractivity contribution in [2.45, 2.75) is 63.4 Å². The Bertz CT molecular complexity index is 1310. The lowest BCUT2D eigenvalue weighted by Gasteiger charge is -2.34. The Morgan fingerprint density at radius 2 is 1.82 bits per heavy atom. The normalized spacial score (nSPS) is 18.0. The number of ether oxygens (including phenoxy) is 1. The van der Waals surface area contributed by atoms with Gasteiger partial charge in [0.2, 0.25) is 10.0 Å². The molecule has 1 aromatic heterocycles. The van der Waals surface area contributed by atoms with E-state index in [0.717, 1.165) is 36.1 Å². The molecule has 1 aromatic carbocycles. The van der Waals surface area contributed by atoms with Crippen molar-refractivity contribution >= 4 is 44.3 Å². The molecule has 4 rings (SSSR count).